The van der Waals surface area contributed by atoms with E-state index >= 15 is 0 Å². The summed E-state index contributed by atoms with van der Waals surface area (Å²) in [5.74, 6) is 1.76. The van der Waals surface area contributed by atoms with Crippen LogP contribution in [0.2, 0.25) is 0 Å². The number of thioether (sulfide) groups is 1. The number of ether oxygens (including phenoxy) is 1. The number of hydrogen-bond acceptors (Lipinski definition) is 4. The van der Waals surface area contributed by atoms with E-state index in [4.69, 9.17) is 4.74 Å². The Morgan fingerprint density at radius 1 is 1.43 bits per heavy atom. The summed E-state index contributed by atoms with van der Waals surface area (Å²) in [6, 6.07) is 8.73. The molecule has 1 aliphatic heterocycles. The molecule has 0 saturated heterocycles. The van der Waals surface area contributed by atoms with Crippen molar-refractivity contribution in [3.63, 3.8) is 0 Å². The zero-order chi connectivity index (χ0) is 14.5. The molecule has 0 saturated carbocycles. The maximum atomic E-state index is 5.02. The highest BCUT2D eigenvalue weighted by Crippen LogP contribution is 2.39. The Labute approximate surface area is 129 Å². The van der Waals surface area contributed by atoms with Crippen LogP contribution in [0.25, 0.3) is 0 Å². The van der Waals surface area contributed by atoms with Gasteiger partial charge in [0, 0.05) is 49.5 Å². The van der Waals surface area contributed by atoms with E-state index in [2.05, 4.69) is 45.3 Å². The van der Waals surface area contributed by atoms with Gasteiger partial charge in [0.15, 0.2) is 0 Å². The van der Waals surface area contributed by atoms with E-state index in [1.54, 1.807) is 7.11 Å². The number of rotatable bonds is 7. The van der Waals surface area contributed by atoms with Crippen LogP contribution in [0.15, 0.2) is 41.7 Å². The molecule has 1 unspecified atom stereocenters. The lowest BCUT2D eigenvalue weighted by molar-refractivity contribution is 0.199. The molecule has 1 N–H and O–H groups in total. The summed E-state index contributed by atoms with van der Waals surface area (Å²) < 4.78 is 7.23. The Morgan fingerprint density at radius 3 is 3.24 bits per heavy atom. The molecule has 1 aliphatic rings. The second-order valence-electron chi connectivity index (χ2n) is 5.28. The predicted molar refractivity (Wildman–Crippen MR) is 85.7 cm³/mol. The molecule has 0 radical (unpaired) electrons. The standard InChI is InChI=1S/C16H21N3OS/c1-20-7-6-17-8-14-10-19(12-18-14)9-13-11-21-16-5-3-2-4-15(13)16/h2-5,10,12-13,17H,6-9,11H2,1H3. The third-order valence-electron chi connectivity index (χ3n) is 3.71. The Morgan fingerprint density at radius 2 is 2.33 bits per heavy atom. The van der Waals surface area contributed by atoms with Crippen LogP contribution < -0.4 is 5.32 Å². The lowest BCUT2D eigenvalue weighted by Crippen LogP contribution is -2.18. The zero-order valence-electron chi connectivity index (χ0n) is 12.3. The van der Waals surface area contributed by atoms with Gasteiger partial charge in [-0.25, -0.2) is 4.98 Å². The van der Waals surface area contributed by atoms with Crippen molar-refractivity contribution in [2.75, 3.05) is 26.0 Å². The summed E-state index contributed by atoms with van der Waals surface area (Å²) in [7, 11) is 1.72. The van der Waals surface area contributed by atoms with Gasteiger partial charge in [-0.3, -0.25) is 0 Å². The highest BCUT2D eigenvalue weighted by Gasteiger charge is 2.22. The number of nitrogens with one attached hydrogen (secondary N) is 1. The van der Waals surface area contributed by atoms with Crippen molar-refractivity contribution in [1.29, 1.82) is 0 Å². The van der Waals surface area contributed by atoms with Crippen molar-refractivity contribution in [2.24, 2.45) is 0 Å². The maximum Gasteiger partial charge on any atom is 0.0950 e. The molecule has 0 amide bonds. The fourth-order valence-corrected chi connectivity index (χ4v) is 3.87. The first-order valence-electron chi connectivity index (χ1n) is 7.29. The van der Waals surface area contributed by atoms with E-state index < -0.39 is 0 Å². The van der Waals surface area contributed by atoms with Gasteiger partial charge in [-0.2, -0.15) is 0 Å². The molecule has 1 aromatic heterocycles. The smallest absolute Gasteiger partial charge is 0.0950 e. The van der Waals surface area contributed by atoms with Gasteiger partial charge in [-0.1, -0.05) is 18.2 Å². The Balaban J connectivity index is 1.56. The molecule has 112 valence electrons. The molecular weight excluding hydrogens is 282 g/mol. The maximum absolute atomic E-state index is 5.02. The molecule has 0 spiro atoms. The van der Waals surface area contributed by atoms with Crippen LogP contribution in [0.4, 0.5) is 0 Å². The number of fused-ring (bicyclic) bond motifs is 1. The van der Waals surface area contributed by atoms with Crippen LogP contribution in [0.5, 0.6) is 0 Å². The van der Waals surface area contributed by atoms with Crippen molar-refractivity contribution in [3.8, 4) is 0 Å². The number of methoxy groups -OCH3 is 1. The van der Waals surface area contributed by atoms with Gasteiger partial charge in [-0.05, 0) is 11.6 Å². The number of hydrogen-bond donors (Lipinski definition) is 1. The number of aromatic nitrogens is 2. The highest BCUT2D eigenvalue weighted by atomic mass is 32.2. The molecule has 0 aliphatic carbocycles. The van der Waals surface area contributed by atoms with Gasteiger partial charge < -0.3 is 14.6 Å². The van der Waals surface area contributed by atoms with Gasteiger partial charge in [-0.15, -0.1) is 11.8 Å². The van der Waals surface area contributed by atoms with Crippen LogP contribution in [0.3, 0.4) is 0 Å². The van der Waals surface area contributed by atoms with Crippen LogP contribution in [0.1, 0.15) is 17.2 Å². The van der Waals surface area contributed by atoms with Gasteiger partial charge >= 0.3 is 0 Å². The lowest BCUT2D eigenvalue weighted by Gasteiger charge is -2.11. The van der Waals surface area contributed by atoms with Crippen molar-refractivity contribution in [3.05, 3.63) is 48.0 Å². The van der Waals surface area contributed by atoms with Crippen molar-refractivity contribution < 1.29 is 4.74 Å². The minimum Gasteiger partial charge on any atom is -0.383 e. The van der Waals surface area contributed by atoms with Crippen LogP contribution in [0, 0.1) is 0 Å². The summed E-state index contributed by atoms with van der Waals surface area (Å²) in [6.45, 7) is 3.40. The van der Waals surface area contributed by atoms with Gasteiger partial charge in [0.05, 0.1) is 18.6 Å². The Hall–Kier alpha value is -1.30. The average molecular weight is 303 g/mol. The Bertz CT molecular complexity index is 584. The number of benzene rings is 1. The van der Waals surface area contributed by atoms with Crippen LogP contribution in [-0.2, 0) is 17.8 Å². The van der Waals surface area contributed by atoms with E-state index in [-0.39, 0.29) is 0 Å². The molecule has 0 bridgehead atoms. The number of nitrogens with zero attached hydrogens (tertiary/aromatic N) is 2. The molecule has 1 aromatic carbocycles. The molecule has 2 heterocycles. The minimum atomic E-state index is 0.592. The van der Waals surface area contributed by atoms with Crippen LogP contribution >= 0.6 is 11.8 Å². The minimum absolute atomic E-state index is 0.592. The SMILES string of the molecule is COCCNCc1cn(CC2CSc3ccccc32)cn1. The van der Waals surface area contributed by atoms with Gasteiger partial charge in [0.25, 0.3) is 0 Å². The molecule has 5 heteroatoms. The second-order valence-corrected chi connectivity index (χ2v) is 6.34. The van der Waals surface area contributed by atoms with E-state index in [1.807, 2.05) is 18.1 Å². The molecule has 1 atom stereocenters. The summed E-state index contributed by atoms with van der Waals surface area (Å²) in [5.41, 5.74) is 2.57. The molecule has 0 fully saturated rings. The van der Waals surface area contributed by atoms with E-state index in [9.17, 15) is 0 Å². The first-order chi connectivity index (χ1) is 10.4. The summed E-state index contributed by atoms with van der Waals surface area (Å²) in [6.07, 6.45) is 4.09. The highest BCUT2D eigenvalue weighted by molar-refractivity contribution is 7.99. The first-order valence-corrected chi connectivity index (χ1v) is 8.27. The zero-order valence-corrected chi connectivity index (χ0v) is 13.1. The average Bonchev–Trinajstić information content (AvgIpc) is 3.12. The molecule has 4 nitrogen and oxygen atoms in total. The van der Waals surface area contributed by atoms with Crippen LogP contribution in [-0.4, -0.2) is 35.6 Å². The molecule has 3 rings (SSSR count). The lowest BCUT2D eigenvalue weighted by atomic mass is 10.0. The summed E-state index contributed by atoms with van der Waals surface area (Å²) >= 11 is 1.96. The van der Waals surface area contributed by atoms with Gasteiger partial charge in [0.2, 0.25) is 0 Å². The van der Waals surface area contributed by atoms with E-state index in [0.717, 1.165) is 31.9 Å². The van der Waals surface area contributed by atoms with Crippen molar-refractivity contribution in [1.82, 2.24) is 14.9 Å². The van der Waals surface area contributed by atoms with Gasteiger partial charge in [0.1, 0.15) is 0 Å². The first kappa shape index (κ1) is 14.6. The fourth-order valence-electron chi connectivity index (χ4n) is 2.62. The third kappa shape index (κ3) is 3.67. The largest absolute Gasteiger partial charge is 0.383 e. The van der Waals surface area contributed by atoms with E-state index in [1.165, 1.54) is 16.2 Å². The monoisotopic (exact) mass is 303 g/mol. The predicted octanol–water partition coefficient (Wildman–Crippen LogP) is 2.51. The second kappa shape index (κ2) is 7.11. The molecule has 2 aromatic rings. The van der Waals surface area contributed by atoms with Crippen molar-refractivity contribution in [2.45, 2.75) is 23.9 Å². The number of imidazole rings is 1. The van der Waals surface area contributed by atoms with Crippen molar-refractivity contribution >= 4 is 11.8 Å². The summed E-state index contributed by atoms with van der Waals surface area (Å²) in [4.78, 5) is 5.90. The quantitative estimate of drug-likeness (QED) is 0.798. The molecular formula is C16H21N3OS. The molecule has 21 heavy (non-hydrogen) atoms. The fraction of sp³-hybridized carbons (Fsp3) is 0.438. The summed E-state index contributed by atoms with van der Waals surface area (Å²) in [5, 5.41) is 3.32. The topological polar surface area (TPSA) is 39.1 Å². The Kier molecular flexibility index (Phi) is 4.95. The van der Waals surface area contributed by atoms with E-state index in [0.29, 0.717) is 5.92 Å². The third-order valence-corrected chi connectivity index (χ3v) is 4.96. The normalized spacial score (nSPS) is 17.1.